The number of amides is 3. The molecule has 8 nitrogen and oxygen atoms in total. The first-order valence-corrected chi connectivity index (χ1v) is 10.0. The van der Waals surface area contributed by atoms with Crippen molar-refractivity contribution < 1.29 is 28.7 Å². The second-order valence-corrected chi connectivity index (χ2v) is 7.60. The van der Waals surface area contributed by atoms with Gasteiger partial charge in [0.2, 0.25) is 5.91 Å². The van der Waals surface area contributed by atoms with Crippen LogP contribution in [0, 0.1) is 5.92 Å². The van der Waals surface area contributed by atoms with E-state index in [9.17, 15) is 19.2 Å². The predicted octanol–water partition coefficient (Wildman–Crippen LogP) is 2.90. The number of ether oxygens (including phenoxy) is 2. The Kier molecular flexibility index (Phi) is 5.30. The highest BCUT2D eigenvalue weighted by atomic mass is 32.1. The molecule has 2 aliphatic rings. The smallest absolute Gasteiger partial charge is 0.416 e. The van der Waals surface area contributed by atoms with Crippen LogP contribution in [0.4, 0.5) is 9.80 Å². The molecule has 1 aliphatic carbocycles. The third kappa shape index (κ3) is 4.14. The molecule has 1 N–H and O–H groups in total. The maximum Gasteiger partial charge on any atom is 0.416 e. The highest BCUT2D eigenvalue weighted by molar-refractivity contribution is 7.15. The van der Waals surface area contributed by atoms with E-state index in [-0.39, 0.29) is 30.5 Å². The van der Waals surface area contributed by atoms with Crippen LogP contribution in [-0.2, 0) is 19.1 Å². The lowest BCUT2D eigenvalue weighted by Crippen LogP contribution is -2.35. The van der Waals surface area contributed by atoms with Crippen molar-refractivity contribution in [3.8, 4) is 11.1 Å². The second-order valence-electron chi connectivity index (χ2n) is 6.72. The van der Waals surface area contributed by atoms with Gasteiger partial charge < -0.3 is 14.8 Å². The number of carbonyl (C=O) groups excluding carboxylic acids is 4. The molecule has 1 aromatic carbocycles. The van der Waals surface area contributed by atoms with Gasteiger partial charge in [0.1, 0.15) is 17.2 Å². The van der Waals surface area contributed by atoms with Crippen molar-refractivity contribution in [2.75, 3.05) is 25.1 Å². The summed E-state index contributed by atoms with van der Waals surface area (Å²) in [4.78, 5) is 49.5. The molecule has 2 aromatic rings. The van der Waals surface area contributed by atoms with Gasteiger partial charge in [0.15, 0.2) is 6.61 Å². The van der Waals surface area contributed by atoms with Crippen molar-refractivity contribution in [3.05, 3.63) is 41.3 Å². The number of nitrogens with zero attached hydrogens (tertiary/aromatic N) is 1. The van der Waals surface area contributed by atoms with E-state index < -0.39 is 24.6 Å². The SMILES string of the molecule is O=C(OCC(=O)N1CCOC1=O)c1c(-c2ccccc2)csc1NC(=O)C1CC1. The van der Waals surface area contributed by atoms with Gasteiger partial charge in [0, 0.05) is 16.9 Å². The number of carbonyl (C=O) groups is 4. The van der Waals surface area contributed by atoms with Crippen LogP contribution in [0.25, 0.3) is 11.1 Å². The lowest BCUT2D eigenvalue weighted by molar-refractivity contribution is -0.131. The fourth-order valence-electron chi connectivity index (χ4n) is 2.94. The van der Waals surface area contributed by atoms with Gasteiger partial charge in [-0.05, 0) is 18.4 Å². The highest BCUT2D eigenvalue weighted by Crippen LogP contribution is 2.38. The van der Waals surface area contributed by atoms with E-state index in [1.165, 1.54) is 11.3 Å². The summed E-state index contributed by atoms with van der Waals surface area (Å²) in [6.45, 7) is -0.335. The summed E-state index contributed by atoms with van der Waals surface area (Å²) >= 11 is 1.23. The summed E-state index contributed by atoms with van der Waals surface area (Å²) < 4.78 is 9.90. The maximum atomic E-state index is 12.8. The standard InChI is InChI=1S/C20H18N2O6S/c23-15(22-8-9-27-20(22)26)10-28-19(25)16-14(12-4-2-1-3-5-12)11-29-18(16)21-17(24)13-6-7-13/h1-5,11,13H,6-10H2,(H,21,24). The Hall–Kier alpha value is -3.20. The van der Waals surface area contributed by atoms with E-state index >= 15 is 0 Å². The van der Waals surface area contributed by atoms with Gasteiger partial charge in [-0.1, -0.05) is 30.3 Å². The number of nitrogens with one attached hydrogen (secondary N) is 1. The summed E-state index contributed by atoms with van der Waals surface area (Å²) in [5, 5.41) is 4.96. The largest absolute Gasteiger partial charge is 0.452 e. The van der Waals surface area contributed by atoms with E-state index in [0.717, 1.165) is 23.3 Å². The zero-order valence-corrected chi connectivity index (χ0v) is 16.2. The topological polar surface area (TPSA) is 102 Å². The second kappa shape index (κ2) is 8.04. The first kappa shape index (κ1) is 19.1. The lowest BCUT2D eigenvalue weighted by Gasteiger charge is -2.12. The minimum atomic E-state index is -0.746. The van der Waals surface area contributed by atoms with Gasteiger partial charge in [-0.15, -0.1) is 11.3 Å². The Labute approximate surface area is 170 Å². The van der Waals surface area contributed by atoms with Gasteiger partial charge >= 0.3 is 12.1 Å². The first-order chi connectivity index (χ1) is 14.0. The first-order valence-electron chi connectivity index (χ1n) is 9.16. The zero-order chi connectivity index (χ0) is 20.4. The van der Waals surface area contributed by atoms with Crippen molar-refractivity contribution in [1.29, 1.82) is 0 Å². The fourth-order valence-corrected chi connectivity index (χ4v) is 3.90. The van der Waals surface area contributed by atoms with Crippen LogP contribution in [0.2, 0.25) is 0 Å². The van der Waals surface area contributed by atoms with Gasteiger partial charge in [-0.25, -0.2) is 14.5 Å². The molecule has 2 fully saturated rings. The van der Waals surface area contributed by atoms with Crippen molar-refractivity contribution in [3.63, 3.8) is 0 Å². The summed E-state index contributed by atoms with van der Waals surface area (Å²) in [6.07, 6.45) is 0.926. The third-order valence-electron chi connectivity index (χ3n) is 4.65. The van der Waals surface area contributed by atoms with Crippen molar-refractivity contribution in [2.24, 2.45) is 5.92 Å². The summed E-state index contributed by atoms with van der Waals surface area (Å²) in [7, 11) is 0. The van der Waals surface area contributed by atoms with E-state index in [1.807, 2.05) is 30.3 Å². The molecule has 29 heavy (non-hydrogen) atoms. The molecule has 0 unspecified atom stereocenters. The molecule has 3 amide bonds. The van der Waals surface area contributed by atoms with E-state index in [4.69, 9.17) is 9.47 Å². The minimum absolute atomic E-state index is 0.0242. The van der Waals surface area contributed by atoms with Gasteiger partial charge in [-0.3, -0.25) is 9.59 Å². The average Bonchev–Trinajstić information content (AvgIpc) is 3.37. The molecule has 0 bridgehead atoms. The Balaban J connectivity index is 1.55. The lowest BCUT2D eigenvalue weighted by atomic mass is 10.0. The van der Waals surface area contributed by atoms with Gasteiger partial charge in [-0.2, -0.15) is 0 Å². The van der Waals surface area contributed by atoms with Crippen LogP contribution in [-0.4, -0.2) is 48.5 Å². The molecular weight excluding hydrogens is 396 g/mol. The van der Waals surface area contributed by atoms with Gasteiger partial charge in [0.25, 0.3) is 5.91 Å². The molecule has 0 radical (unpaired) electrons. The molecule has 0 spiro atoms. The number of anilines is 1. The number of rotatable bonds is 6. The number of cyclic esters (lactones) is 1. The van der Waals surface area contributed by atoms with Gasteiger partial charge in [0.05, 0.1) is 6.54 Å². The van der Waals surface area contributed by atoms with Crippen LogP contribution in [0.3, 0.4) is 0 Å². The Bertz CT molecular complexity index is 967. The number of hydrogen-bond acceptors (Lipinski definition) is 7. The van der Waals surface area contributed by atoms with Crippen molar-refractivity contribution >= 4 is 40.2 Å². The molecule has 1 aromatic heterocycles. The van der Waals surface area contributed by atoms with Crippen molar-refractivity contribution in [1.82, 2.24) is 4.90 Å². The number of imide groups is 1. The quantitative estimate of drug-likeness (QED) is 0.730. The average molecular weight is 414 g/mol. The summed E-state index contributed by atoms with van der Waals surface area (Å²) in [5.41, 5.74) is 1.60. The molecule has 150 valence electrons. The molecule has 1 saturated carbocycles. The third-order valence-corrected chi connectivity index (χ3v) is 5.55. The van der Waals surface area contributed by atoms with Crippen molar-refractivity contribution in [2.45, 2.75) is 12.8 Å². The number of hydrogen-bond donors (Lipinski definition) is 1. The molecule has 1 aliphatic heterocycles. The van der Waals surface area contributed by atoms with E-state index in [1.54, 1.807) is 5.38 Å². The normalized spacial score (nSPS) is 15.7. The fraction of sp³-hybridized carbons (Fsp3) is 0.300. The Morgan fingerprint density at radius 2 is 1.97 bits per heavy atom. The molecule has 0 atom stereocenters. The van der Waals surface area contributed by atoms with Crippen LogP contribution in [0.5, 0.6) is 0 Å². The minimum Gasteiger partial charge on any atom is -0.452 e. The Morgan fingerprint density at radius 1 is 1.21 bits per heavy atom. The molecule has 1 saturated heterocycles. The zero-order valence-electron chi connectivity index (χ0n) is 15.4. The van der Waals surface area contributed by atoms with Crippen LogP contribution in [0.15, 0.2) is 35.7 Å². The predicted molar refractivity (Wildman–Crippen MR) is 104 cm³/mol. The summed E-state index contributed by atoms with van der Waals surface area (Å²) in [5.74, 6) is -1.54. The van der Waals surface area contributed by atoms with Crippen LogP contribution in [0.1, 0.15) is 23.2 Å². The van der Waals surface area contributed by atoms with Crippen LogP contribution < -0.4 is 5.32 Å². The Morgan fingerprint density at radius 3 is 2.62 bits per heavy atom. The highest BCUT2D eigenvalue weighted by Gasteiger charge is 2.33. The van der Waals surface area contributed by atoms with E-state index in [0.29, 0.717) is 10.6 Å². The molecule has 4 rings (SSSR count). The van der Waals surface area contributed by atoms with Crippen LogP contribution >= 0.6 is 11.3 Å². The molecular formula is C20H18N2O6S. The monoisotopic (exact) mass is 414 g/mol. The maximum absolute atomic E-state index is 12.8. The van der Waals surface area contributed by atoms with E-state index in [2.05, 4.69) is 5.32 Å². The number of benzene rings is 1. The summed E-state index contributed by atoms with van der Waals surface area (Å²) in [6, 6.07) is 9.23. The number of thiophene rings is 1. The molecule has 9 heteroatoms. The molecule has 2 heterocycles. The number of esters is 1.